The number of fused-ring (bicyclic) bond motifs is 7. The molecule has 0 aliphatic carbocycles. The van der Waals surface area contributed by atoms with Gasteiger partial charge in [-0.15, -0.1) is 11.3 Å². The maximum atomic E-state index is 5.37. The van der Waals surface area contributed by atoms with Crippen molar-refractivity contribution in [3.8, 4) is 73.2 Å². The van der Waals surface area contributed by atoms with Crippen LogP contribution >= 0.6 is 11.3 Å². The van der Waals surface area contributed by atoms with Crippen LogP contribution in [0.25, 0.3) is 115 Å². The van der Waals surface area contributed by atoms with Gasteiger partial charge >= 0.3 is 0 Å². The fraction of sp³-hybridized carbons (Fsp3) is 0. The Hall–Kier alpha value is -7.99. The summed E-state index contributed by atoms with van der Waals surface area (Å²) in [5, 5.41) is 5.02. The SMILES string of the molecule is c1ccc(-c2nc(-c3ccccc3)nc(-c3cc(-c4c(-c5ccccc5)cccc4-c4ccccc4)ccc3-n3c4ccccc4c4c5sc6ccccc6c5ccc43)n2)cc1. The Morgan fingerprint density at radius 3 is 1.50 bits per heavy atom. The van der Waals surface area contributed by atoms with Gasteiger partial charge < -0.3 is 4.57 Å². The van der Waals surface area contributed by atoms with Crippen LogP contribution in [0.5, 0.6) is 0 Å². The number of rotatable bonds is 7. The number of benzene rings is 9. The first kappa shape index (κ1) is 35.9. The number of para-hydroxylation sites is 1. The average Bonchev–Trinajstić information content (AvgIpc) is 3.90. The van der Waals surface area contributed by atoms with Gasteiger partial charge in [0, 0.05) is 47.6 Å². The molecule has 4 nitrogen and oxygen atoms in total. The van der Waals surface area contributed by atoms with Gasteiger partial charge in [-0.25, -0.2) is 15.0 Å². The number of thiophene rings is 1. The van der Waals surface area contributed by atoms with E-state index in [4.69, 9.17) is 15.0 Å². The summed E-state index contributed by atoms with van der Waals surface area (Å²) in [6, 6.07) is 77.4. The maximum absolute atomic E-state index is 5.37. The smallest absolute Gasteiger partial charge is 0.166 e. The fourth-order valence-electron chi connectivity index (χ4n) is 9.07. The molecule has 3 heterocycles. The average molecular weight is 809 g/mol. The first-order valence-electron chi connectivity index (χ1n) is 20.9. The second-order valence-corrected chi connectivity index (χ2v) is 16.6. The van der Waals surface area contributed by atoms with Crippen LogP contribution in [0, 0.1) is 0 Å². The topological polar surface area (TPSA) is 43.6 Å². The minimum Gasteiger partial charge on any atom is -0.308 e. The molecule has 0 N–H and O–H groups in total. The monoisotopic (exact) mass is 808 g/mol. The Morgan fingerprint density at radius 2 is 0.871 bits per heavy atom. The maximum Gasteiger partial charge on any atom is 0.166 e. The van der Waals surface area contributed by atoms with Crippen LogP contribution in [0.2, 0.25) is 0 Å². The van der Waals surface area contributed by atoms with E-state index >= 15 is 0 Å². The Kier molecular flexibility index (Phi) is 8.65. The van der Waals surface area contributed by atoms with Crippen molar-refractivity contribution in [3.63, 3.8) is 0 Å². The molecule has 9 aromatic carbocycles. The van der Waals surface area contributed by atoms with Crippen molar-refractivity contribution in [1.82, 2.24) is 19.5 Å². The Bertz CT molecular complexity index is 3500. The summed E-state index contributed by atoms with van der Waals surface area (Å²) in [5.74, 6) is 1.84. The number of aromatic nitrogens is 4. The van der Waals surface area contributed by atoms with Gasteiger partial charge in [-0.2, -0.15) is 0 Å². The molecule has 0 unspecified atom stereocenters. The molecule has 0 aliphatic heterocycles. The van der Waals surface area contributed by atoms with Crippen molar-refractivity contribution >= 4 is 53.3 Å². The van der Waals surface area contributed by atoms with Gasteiger partial charge in [-0.05, 0) is 63.7 Å². The lowest BCUT2D eigenvalue weighted by Gasteiger charge is -2.20. The zero-order valence-corrected chi connectivity index (χ0v) is 34.3. The summed E-state index contributed by atoms with van der Waals surface area (Å²) in [6.45, 7) is 0. The summed E-state index contributed by atoms with van der Waals surface area (Å²) in [7, 11) is 0. The normalized spacial score (nSPS) is 11.5. The molecule has 0 radical (unpaired) electrons. The quantitative estimate of drug-likeness (QED) is 0.161. The third-order valence-corrected chi connectivity index (χ3v) is 13.1. The molecule has 0 fully saturated rings. The summed E-state index contributed by atoms with van der Waals surface area (Å²) in [4.78, 5) is 15.8. The molecule has 3 aromatic heterocycles. The van der Waals surface area contributed by atoms with Crippen LogP contribution in [-0.2, 0) is 0 Å². The molecule has 12 rings (SSSR count). The van der Waals surface area contributed by atoms with Crippen molar-refractivity contribution in [2.45, 2.75) is 0 Å². The molecule has 0 amide bonds. The second kappa shape index (κ2) is 14.9. The molecule has 5 heteroatoms. The summed E-state index contributed by atoms with van der Waals surface area (Å²) >= 11 is 1.87. The van der Waals surface area contributed by atoms with Crippen molar-refractivity contribution in [1.29, 1.82) is 0 Å². The van der Waals surface area contributed by atoms with Gasteiger partial charge in [0.1, 0.15) is 0 Å². The Morgan fingerprint density at radius 1 is 0.339 bits per heavy atom. The highest BCUT2D eigenvalue weighted by atomic mass is 32.1. The van der Waals surface area contributed by atoms with Gasteiger partial charge in [-0.3, -0.25) is 0 Å². The first-order valence-corrected chi connectivity index (χ1v) is 21.7. The van der Waals surface area contributed by atoms with Gasteiger partial charge in [0.15, 0.2) is 17.5 Å². The second-order valence-electron chi connectivity index (χ2n) is 15.5. The minimum atomic E-state index is 0.599. The summed E-state index contributed by atoms with van der Waals surface area (Å²) < 4.78 is 5.00. The zero-order valence-electron chi connectivity index (χ0n) is 33.5. The molecule has 0 atom stereocenters. The molecule has 0 saturated heterocycles. The zero-order chi connectivity index (χ0) is 41.0. The van der Waals surface area contributed by atoms with Crippen LogP contribution < -0.4 is 0 Å². The van der Waals surface area contributed by atoms with Crippen LogP contribution in [-0.4, -0.2) is 19.5 Å². The highest BCUT2D eigenvalue weighted by molar-refractivity contribution is 7.26. The van der Waals surface area contributed by atoms with E-state index in [0.29, 0.717) is 17.5 Å². The van der Waals surface area contributed by atoms with Crippen molar-refractivity contribution in [2.75, 3.05) is 0 Å². The standard InChI is InChI=1S/C57H36N4S/c1-5-18-37(19-6-1)42-28-17-29-43(38-20-7-2-8-21-38)52(42)41-32-34-49(47(36-41)57-59-55(39-22-9-3-10-23-39)58-56(60-57)40-24-11-4-12-25-40)61-48-30-15-13-27-46(48)53-50(61)35-33-45-44-26-14-16-31-51(44)62-54(45)53/h1-36H. The molecular weight excluding hydrogens is 773 g/mol. The van der Waals surface area contributed by atoms with Gasteiger partial charge in [0.25, 0.3) is 0 Å². The van der Waals surface area contributed by atoms with E-state index in [0.717, 1.165) is 66.8 Å². The molecule has 0 aliphatic rings. The number of nitrogens with zero attached hydrogens (tertiary/aromatic N) is 4. The Balaban J connectivity index is 1.20. The molecule has 0 bridgehead atoms. The van der Waals surface area contributed by atoms with Crippen LogP contribution in [0.15, 0.2) is 218 Å². The van der Waals surface area contributed by atoms with Gasteiger partial charge in [-0.1, -0.05) is 188 Å². The predicted molar refractivity (Wildman–Crippen MR) is 260 cm³/mol. The molecule has 0 saturated carbocycles. The van der Waals surface area contributed by atoms with E-state index in [1.807, 2.05) is 47.7 Å². The molecular formula is C57H36N4S. The lowest BCUT2D eigenvalue weighted by molar-refractivity contribution is 1.06. The van der Waals surface area contributed by atoms with Gasteiger partial charge in [0.05, 0.1) is 16.7 Å². The van der Waals surface area contributed by atoms with Crippen LogP contribution in [0.1, 0.15) is 0 Å². The molecule has 12 aromatic rings. The number of hydrogen-bond acceptors (Lipinski definition) is 4. The highest BCUT2D eigenvalue weighted by Gasteiger charge is 2.24. The van der Waals surface area contributed by atoms with E-state index in [2.05, 4.69) is 187 Å². The highest BCUT2D eigenvalue weighted by Crippen LogP contribution is 2.46. The fourth-order valence-corrected chi connectivity index (χ4v) is 10.3. The van der Waals surface area contributed by atoms with Crippen molar-refractivity contribution < 1.29 is 0 Å². The predicted octanol–water partition coefficient (Wildman–Crippen LogP) is 15.3. The van der Waals surface area contributed by atoms with Gasteiger partial charge in [0.2, 0.25) is 0 Å². The van der Waals surface area contributed by atoms with E-state index in [1.54, 1.807) is 0 Å². The van der Waals surface area contributed by atoms with Crippen LogP contribution in [0.4, 0.5) is 0 Å². The van der Waals surface area contributed by atoms with E-state index in [9.17, 15) is 0 Å². The van der Waals surface area contributed by atoms with Crippen molar-refractivity contribution in [3.05, 3.63) is 218 Å². The molecule has 62 heavy (non-hydrogen) atoms. The van der Waals surface area contributed by atoms with E-state index in [-0.39, 0.29) is 0 Å². The van der Waals surface area contributed by atoms with Crippen molar-refractivity contribution in [2.24, 2.45) is 0 Å². The summed E-state index contributed by atoms with van der Waals surface area (Å²) in [5.41, 5.74) is 12.8. The lowest BCUT2D eigenvalue weighted by Crippen LogP contribution is -2.04. The first-order chi connectivity index (χ1) is 30.8. The molecule has 290 valence electrons. The van der Waals surface area contributed by atoms with E-state index in [1.165, 1.54) is 30.9 Å². The van der Waals surface area contributed by atoms with E-state index < -0.39 is 0 Å². The largest absolute Gasteiger partial charge is 0.308 e. The third-order valence-electron chi connectivity index (χ3n) is 11.9. The third kappa shape index (κ3) is 6.01. The molecule has 0 spiro atoms. The minimum absolute atomic E-state index is 0.599. The number of hydrogen-bond donors (Lipinski definition) is 0. The Labute approximate surface area is 362 Å². The lowest BCUT2D eigenvalue weighted by atomic mass is 9.87. The van der Waals surface area contributed by atoms with Crippen LogP contribution in [0.3, 0.4) is 0 Å². The summed E-state index contributed by atoms with van der Waals surface area (Å²) in [6.07, 6.45) is 0.